The summed E-state index contributed by atoms with van der Waals surface area (Å²) in [6.45, 7) is 6.54. The molecule has 0 spiro atoms. The summed E-state index contributed by atoms with van der Waals surface area (Å²) in [5, 5.41) is 0. The summed E-state index contributed by atoms with van der Waals surface area (Å²) in [5.41, 5.74) is 0. The SMILES string of the molecule is CC/C=C\C/C=C\C/C=C\C/C=C\C/C=C\CCCCCCCCCCCCCCCC(=O)OCC(COC(=O)CCCCCCCCCCCCC)OC(=O)CCCCCCCCCC/C=C\C/C=C\C/C=C\CCCCCCC. The molecule has 0 N–H and O–H groups in total. The average molecular weight is 1130 g/mol. The minimum atomic E-state index is -0.781. The molecular formula is C75H130O6. The number of carbonyl (C=O) groups is 3. The topological polar surface area (TPSA) is 78.9 Å². The van der Waals surface area contributed by atoms with Crippen molar-refractivity contribution in [1.82, 2.24) is 0 Å². The van der Waals surface area contributed by atoms with E-state index in [1.54, 1.807) is 0 Å². The molecule has 0 bridgehead atoms. The lowest BCUT2D eigenvalue weighted by molar-refractivity contribution is -0.167. The second kappa shape index (κ2) is 68.8. The van der Waals surface area contributed by atoms with Gasteiger partial charge >= 0.3 is 17.9 Å². The summed E-state index contributed by atoms with van der Waals surface area (Å²) in [5.74, 6) is -0.871. The smallest absolute Gasteiger partial charge is 0.306 e. The summed E-state index contributed by atoms with van der Waals surface area (Å²) in [7, 11) is 0. The standard InChI is InChI=1S/C75H130O6/c1-4-7-10-13-16-19-22-24-26-28-30-32-34-35-36-37-38-39-41-42-44-46-48-50-53-56-59-62-65-68-74(77)80-71-72(70-79-73(76)67-64-61-58-55-52-21-18-15-12-9-6-3)81-75(78)69-66-63-60-57-54-51-49-47-45-43-40-33-31-29-27-25-23-20-17-14-11-8-5-2/h7,10,16,19,23-26,29-32,35-36,40,43,72H,4-6,8-9,11-15,17-18,20-22,27-28,33-34,37-39,41-42,44-71H2,1-3H3/b10-7-,19-16-,25-23-,26-24-,31-29-,32-30-,36-35-,43-40-. The van der Waals surface area contributed by atoms with Gasteiger partial charge in [-0.25, -0.2) is 0 Å². The minimum absolute atomic E-state index is 0.0770. The molecule has 466 valence electrons. The van der Waals surface area contributed by atoms with Gasteiger partial charge in [0.1, 0.15) is 13.2 Å². The van der Waals surface area contributed by atoms with Gasteiger partial charge in [0.2, 0.25) is 0 Å². The molecule has 0 rings (SSSR count). The number of carbonyl (C=O) groups excluding carboxylic acids is 3. The number of unbranched alkanes of at least 4 members (excludes halogenated alkanes) is 36. The van der Waals surface area contributed by atoms with Gasteiger partial charge in [0, 0.05) is 19.3 Å². The van der Waals surface area contributed by atoms with Crippen molar-refractivity contribution < 1.29 is 28.6 Å². The van der Waals surface area contributed by atoms with Crippen molar-refractivity contribution in [3.63, 3.8) is 0 Å². The van der Waals surface area contributed by atoms with Crippen molar-refractivity contribution >= 4 is 17.9 Å². The first-order valence-corrected chi connectivity index (χ1v) is 34.7. The number of ether oxygens (including phenoxy) is 3. The van der Waals surface area contributed by atoms with Crippen LogP contribution >= 0.6 is 0 Å². The van der Waals surface area contributed by atoms with E-state index in [1.807, 2.05) is 0 Å². The second-order valence-corrected chi connectivity index (χ2v) is 23.1. The zero-order valence-electron chi connectivity index (χ0n) is 53.5. The van der Waals surface area contributed by atoms with E-state index in [-0.39, 0.29) is 31.1 Å². The molecule has 0 aromatic rings. The fourth-order valence-electron chi connectivity index (χ4n) is 9.89. The molecular weight excluding hydrogens is 997 g/mol. The molecule has 1 atom stereocenters. The van der Waals surface area contributed by atoms with Gasteiger partial charge in [-0.1, -0.05) is 317 Å². The normalized spacial score (nSPS) is 12.7. The van der Waals surface area contributed by atoms with E-state index in [2.05, 4.69) is 118 Å². The van der Waals surface area contributed by atoms with E-state index in [4.69, 9.17) is 14.2 Å². The molecule has 0 aliphatic carbocycles. The molecule has 0 saturated carbocycles. The van der Waals surface area contributed by atoms with Gasteiger partial charge in [0.05, 0.1) is 0 Å². The molecule has 1 unspecified atom stereocenters. The Morgan fingerprint density at radius 3 is 0.753 bits per heavy atom. The lowest BCUT2D eigenvalue weighted by Gasteiger charge is -2.18. The van der Waals surface area contributed by atoms with E-state index in [9.17, 15) is 14.4 Å². The Morgan fingerprint density at radius 2 is 0.481 bits per heavy atom. The van der Waals surface area contributed by atoms with Crippen LogP contribution in [-0.4, -0.2) is 37.2 Å². The first-order valence-electron chi connectivity index (χ1n) is 34.7. The molecule has 0 amide bonds. The predicted molar refractivity (Wildman–Crippen MR) is 353 cm³/mol. The fourth-order valence-corrected chi connectivity index (χ4v) is 9.89. The second-order valence-electron chi connectivity index (χ2n) is 23.1. The number of allylic oxidation sites excluding steroid dienone is 16. The number of hydrogen-bond donors (Lipinski definition) is 0. The predicted octanol–water partition coefficient (Wildman–Crippen LogP) is 24.0. The summed E-state index contributed by atoms with van der Waals surface area (Å²) >= 11 is 0. The first kappa shape index (κ1) is 77.3. The maximum Gasteiger partial charge on any atom is 0.306 e. The Hall–Kier alpha value is -3.67. The highest BCUT2D eigenvalue weighted by atomic mass is 16.6. The van der Waals surface area contributed by atoms with Crippen molar-refractivity contribution in [2.75, 3.05) is 13.2 Å². The maximum atomic E-state index is 12.9. The van der Waals surface area contributed by atoms with E-state index >= 15 is 0 Å². The third-order valence-corrected chi connectivity index (χ3v) is 15.1. The molecule has 0 saturated heterocycles. The van der Waals surface area contributed by atoms with E-state index < -0.39 is 6.10 Å². The molecule has 0 heterocycles. The fraction of sp³-hybridized carbons (Fsp3) is 0.747. The van der Waals surface area contributed by atoms with Crippen molar-refractivity contribution in [2.24, 2.45) is 0 Å². The van der Waals surface area contributed by atoms with Crippen LogP contribution in [0.25, 0.3) is 0 Å². The quantitative estimate of drug-likeness (QED) is 0.0261. The lowest BCUT2D eigenvalue weighted by atomic mass is 10.0. The molecule has 6 heteroatoms. The highest BCUT2D eigenvalue weighted by Crippen LogP contribution is 2.17. The monoisotopic (exact) mass is 1130 g/mol. The summed E-state index contributed by atoms with van der Waals surface area (Å²) in [6.07, 6.45) is 92.9. The van der Waals surface area contributed by atoms with E-state index in [1.165, 1.54) is 193 Å². The first-order chi connectivity index (χ1) is 40.0. The zero-order valence-corrected chi connectivity index (χ0v) is 53.5. The Kier molecular flexibility index (Phi) is 65.7. The Bertz CT molecular complexity index is 1580. The molecule has 0 aromatic carbocycles. The van der Waals surface area contributed by atoms with Crippen LogP contribution in [0.15, 0.2) is 97.2 Å². The van der Waals surface area contributed by atoms with Gasteiger partial charge in [-0.15, -0.1) is 0 Å². The molecule has 6 nitrogen and oxygen atoms in total. The van der Waals surface area contributed by atoms with Crippen molar-refractivity contribution in [1.29, 1.82) is 0 Å². The van der Waals surface area contributed by atoms with Crippen LogP contribution in [-0.2, 0) is 28.6 Å². The largest absolute Gasteiger partial charge is 0.462 e. The highest BCUT2D eigenvalue weighted by molar-refractivity contribution is 5.71. The van der Waals surface area contributed by atoms with E-state index in [0.29, 0.717) is 19.3 Å². The number of hydrogen-bond acceptors (Lipinski definition) is 6. The van der Waals surface area contributed by atoms with Gasteiger partial charge in [0.15, 0.2) is 6.10 Å². The molecule has 0 fully saturated rings. The van der Waals surface area contributed by atoms with Crippen molar-refractivity contribution in [3.8, 4) is 0 Å². The number of rotatable bonds is 63. The van der Waals surface area contributed by atoms with E-state index in [0.717, 1.165) is 109 Å². The van der Waals surface area contributed by atoms with Crippen LogP contribution < -0.4 is 0 Å². The summed E-state index contributed by atoms with van der Waals surface area (Å²) in [4.78, 5) is 38.4. The highest BCUT2D eigenvalue weighted by Gasteiger charge is 2.19. The van der Waals surface area contributed by atoms with Crippen LogP contribution in [0.2, 0.25) is 0 Å². The van der Waals surface area contributed by atoms with Gasteiger partial charge in [0.25, 0.3) is 0 Å². The molecule has 0 radical (unpaired) electrons. The Balaban J connectivity index is 4.24. The molecule has 0 aliphatic heterocycles. The average Bonchev–Trinajstić information content (AvgIpc) is 3.47. The van der Waals surface area contributed by atoms with Crippen LogP contribution in [0, 0.1) is 0 Å². The molecule has 0 aliphatic rings. The van der Waals surface area contributed by atoms with Gasteiger partial charge in [-0.05, 0) is 103 Å². The van der Waals surface area contributed by atoms with Crippen molar-refractivity contribution in [2.45, 2.75) is 348 Å². The van der Waals surface area contributed by atoms with Crippen LogP contribution in [0.1, 0.15) is 342 Å². The van der Waals surface area contributed by atoms with Gasteiger partial charge < -0.3 is 14.2 Å². The Morgan fingerprint density at radius 1 is 0.259 bits per heavy atom. The van der Waals surface area contributed by atoms with Crippen LogP contribution in [0.5, 0.6) is 0 Å². The zero-order chi connectivity index (χ0) is 58.5. The molecule has 81 heavy (non-hydrogen) atoms. The number of esters is 3. The summed E-state index contributed by atoms with van der Waals surface area (Å²) < 4.78 is 17.0. The lowest BCUT2D eigenvalue weighted by Crippen LogP contribution is -2.30. The van der Waals surface area contributed by atoms with Gasteiger partial charge in [-0.3, -0.25) is 14.4 Å². The maximum absolute atomic E-state index is 12.9. The van der Waals surface area contributed by atoms with Crippen LogP contribution in [0.4, 0.5) is 0 Å². The van der Waals surface area contributed by atoms with Crippen LogP contribution in [0.3, 0.4) is 0 Å². The third kappa shape index (κ3) is 67.0. The summed E-state index contributed by atoms with van der Waals surface area (Å²) in [6, 6.07) is 0. The third-order valence-electron chi connectivity index (χ3n) is 15.1. The van der Waals surface area contributed by atoms with Crippen molar-refractivity contribution in [3.05, 3.63) is 97.2 Å². The minimum Gasteiger partial charge on any atom is -0.462 e. The molecule has 0 aromatic heterocycles. The van der Waals surface area contributed by atoms with Gasteiger partial charge in [-0.2, -0.15) is 0 Å². The Labute approximate surface area is 502 Å².